The predicted octanol–water partition coefficient (Wildman–Crippen LogP) is 4.91. The van der Waals surface area contributed by atoms with E-state index in [2.05, 4.69) is 16.0 Å². The molecule has 156 valence electrons. The summed E-state index contributed by atoms with van der Waals surface area (Å²) in [5, 5.41) is 18.3. The maximum atomic E-state index is 12.5. The monoisotopic (exact) mass is 414 g/mol. The van der Waals surface area contributed by atoms with Crippen molar-refractivity contribution in [2.45, 2.75) is 0 Å². The Morgan fingerprint density at radius 2 is 1.58 bits per heavy atom. The topological polar surface area (TPSA) is 95.4 Å². The molecule has 0 radical (unpaired) electrons. The van der Waals surface area contributed by atoms with E-state index in [1.54, 1.807) is 18.2 Å². The smallest absolute Gasteiger partial charge is 0.267 e. The van der Waals surface area contributed by atoms with Crippen molar-refractivity contribution in [2.24, 2.45) is 0 Å². The third-order valence-corrected chi connectivity index (χ3v) is 4.35. The Morgan fingerprint density at radius 1 is 0.903 bits per heavy atom. The molecule has 0 bridgehead atoms. The van der Waals surface area contributed by atoms with Crippen LogP contribution in [0, 0.1) is 11.3 Å². The number of benzene rings is 3. The summed E-state index contributed by atoms with van der Waals surface area (Å²) in [4.78, 5) is 12.5. The standard InChI is InChI=1S/C24H22N4O3/c1-30-21-12-13-23(31-2)22(14-21)28-24(29)17(15-25)16-26-18-8-10-20(11-9-18)27-19-6-4-3-5-7-19/h3-14,16,26-27H,1-2H3,(H,28,29)/b17-16-. The van der Waals surface area contributed by atoms with Gasteiger partial charge >= 0.3 is 0 Å². The summed E-state index contributed by atoms with van der Waals surface area (Å²) in [6, 6.07) is 24.2. The summed E-state index contributed by atoms with van der Waals surface area (Å²) in [6.45, 7) is 0. The summed E-state index contributed by atoms with van der Waals surface area (Å²) >= 11 is 0. The molecular weight excluding hydrogens is 392 g/mol. The van der Waals surface area contributed by atoms with Crippen LogP contribution in [0.15, 0.2) is 84.6 Å². The number of anilines is 4. The first-order valence-corrected chi connectivity index (χ1v) is 9.45. The minimum atomic E-state index is -0.566. The first kappa shape index (κ1) is 21.3. The van der Waals surface area contributed by atoms with Gasteiger partial charge in [0, 0.05) is 29.3 Å². The van der Waals surface area contributed by atoms with Crippen molar-refractivity contribution in [3.05, 3.63) is 84.6 Å². The highest BCUT2D eigenvalue weighted by Gasteiger charge is 2.13. The van der Waals surface area contributed by atoms with Crippen molar-refractivity contribution in [1.29, 1.82) is 5.26 Å². The molecule has 0 atom stereocenters. The molecule has 0 aliphatic heterocycles. The molecule has 31 heavy (non-hydrogen) atoms. The number of nitrogens with one attached hydrogen (secondary N) is 3. The van der Waals surface area contributed by atoms with Gasteiger partial charge in [0.1, 0.15) is 23.1 Å². The molecule has 0 spiro atoms. The summed E-state index contributed by atoms with van der Waals surface area (Å²) in [6.07, 6.45) is 1.36. The molecule has 0 fully saturated rings. The lowest BCUT2D eigenvalue weighted by Gasteiger charge is -2.11. The van der Waals surface area contributed by atoms with Crippen LogP contribution < -0.4 is 25.4 Å². The van der Waals surface area contributed by atoms with E-state index in [0.29, 0.717) is 17.2 Å². The number of methoxy groups -OCH3 is 2. The zero-order valence-corrected chi connectivity index (χ0v) is 17.2. The highest BCUT2D eigenvalue weighted by atomic mass is 16.5. The van der Waals surface area contributed by atoms with E-state index >= 15 is 0 Å². The quantitative estimate of drug-likeness (QED) is 0.358. The number of carbonyl (C=O) groups is 1. The van der Waals surface area contributed by atoms with Gasteiger partial charge in [0.25, 0.3) is 5.91 Å². The second kappa shape index (κ2) is 10.4. The molecule has 3 N–H and O–H groups in total. The fourth-order valence-electron chi connectivity index (χ4n) is 2.74. The van der Waals surface area contributed by atoms with Gasteiger partial charge in [0.05, 0.1) is 19.9 Å². The van der Waals surface area contributed by atoms with Gasteiger partial charge in [-0.25, -0.2) is 0 Å². The zero-order valence-electron chi connectivity index (χ0n) is 17.2. The Bertz CT molecular complexity index is 1100. The number of amides is 1. The zero-order chi connectivity index (χ0) is 22.1. The van der Waals surface area contributed by atoms with Crippen LogP contribution in [0.3, 0.4) is 0 Å². The van der Waals surface area contributed by atoms with Crippen LogP contribution in [-0.4, -0.2) is 20.1 Å². The van der Waals surface area contributed by atoms with Crippen molar-refractivity contribution >= 4 is 28.7 Å². The number of nitrogens with zero attached hydrogens (tertiary/aromatic N) is 1. The molecule has 3 aromatic rings. The molecule has 0 aromatic heterocycles. The summed E-state index contributed by atoms with van der Waals surface area (Å²) in [5.74, 6) is 0.450. The van der Waals surface area contributed by atoms with Crippen LogP contribution in [0.1, 0.15) is 0 Å². The van der Waals surface area contributed by atoms with E-state index < -0.39 is 5.91 Å². The molecular formula is C24H22N4O3. The second-order valence-electron chi connectivity index (χ2n) is 6.40. The van der Waals surface area contributed by atoms with Gasteiger partial charge in [-0.3, -0.25) is 4.79 Å². The largest absolute Gasteiger partial charge is 0.497 e. The summed E-state index contributed by atoms with van der Waals surface area (Å²) in [7, 11) is 3.02. The van der Waals surface area contributed by atoms with Crippen molar-refractivity contribution in [2.75, 3.05) is 30.2 Å². The van der Waals surface area contributed by atoms with E-state index in [1.807, 2.05) is 60.7 Å². The summed E-state index contributed by atoms with van der Waals surface area (Å²) in [5.41, 5.74) is 2.96. The van der Waals surface area contributed by atoms with Gasteiger partial charge in [-0.15, -0.1) is 0 Å². The molecule has 0 aliphatic rings. The van der Waals surface area contributed by atoms with Gasteiger partial charge in [0.2, 0.25) is 0 Å². The fraction of sp³-hybridized carbons (Fsp3) is 0.0833. The van der Waals surface area contributed by atoms with Crippen molar-refractivity contribution in [1.82, 2.24) is 0 Å². The molecule has 0 aliphatic carbocycles. The van der Waals surface area contributed by atoms with Gasteiger partial charge < -0.3 is 25.4 Å². The fourth-order valence-corrected chi connectivity index (χ4v) is 2.74. The Kier molecular flexibility index (Phi) is 7.12. The lowest BCUT2D eigenvalue weighted by atomic mass is 10.2. The van der Waals surface area contributed by atoms with E-state index in [9.17, 15) is 10.1 Å². The molecule has 0 saturated carbocycles. The number of carbonyl (C=O) groups excluding carboxylic acids is 1. The molecule has 0 unspecified atom stereocenters. The second-order valence-corrected chi connectivity index (χ2v) is 6.40. The van der Waals surface area contributed by atoms with E-state index in [0.717, 1.165) is 17.1 Å². The van der Waals surface area contributed by atoms with E-state index in [-0.39, 0.29) is 5.57 Å². The van der Waals surface area contributed by atoms with Gasteiger partial charge in [-0.2, -0.15) is 5.26 Å². The minimum Gasteiger partial charge on any atom is -0.497 e. The molecule has 3 aromatic carbocycles. The molecule has 1 amide bonds. The van der Waals surface area contributed by atoms with Crippen LogP contribution in [0.5, 0.6) is 11.5 Å². The Balaban J connectivity index is 1.66. The molecule has 7 heteroatoms. The molecule has 7 nitrogen and oxygen atoms in total. The Hall–Kier alpha value is -4.44. The normalized spacial score (nSPS) is 10.5. The molecule has 0 heterocycles. The maximum absolute atomic E-state index is 12.5. The van der Waals surface area contributed by atoms with E-state index in [4.69, 9.17) is 9.47 Å². The van der Waals surface area contributed by atoms with Crippen LogP contribution in [0.25, 0.3) is 0 Å². The Morgan fingerprint density at radius 3 is 2.23 bits per heavy atom. The van der Waals surface area contributed by atoms with Crippen molar-refractivity contribution in [3.8, 4) is 17.6 Å². The van der Waals surface area contributed by atoms with E-state index in [1.165, 1.54) is 20.4 Å². The van der Waals surface area contributed by atoms with Gasteiger partial charge in [-0.1, -0.05) is 18.2 Å². The van der Waals surface area contributed by atoms with Gasteiger partial charge in [-0.05, 0) is 48.5 Å². The third kappa shape index (κ3) is 5.78. The minimum absolute atomic E-state index is 0.0867. The third-order valence-electron chi connectivity index (χ3n) is 4.35. The van der Waals surface area contributed by atoms with Crippen LogP contribution >= 0.6 is 0 Å². The van der Waals surface area contributed by atoms with Crippen molar-refractivity contribution in [3.63, 3.8) is 0 Å². The number of hydrogen-bond donors (Lipinski definition) is 3. The maximum Gasteiger partial charge on any atom is 0.267 e. The lowest BCUT2D eigenvalue weighted by molar-refractivity contribution is -0.112. The number of rotatable bonds is 8. The number of hydrogen-bond acceptors (Lipinski definition) is 6. The molecule has 0 saturated heterocycles. The van der Waals surface area contributed by atoms with Crippen LogP contribution in [0.4, 0.5) is 22.7 Å². The molecule has 3 rings (SSSR count). The number of nitriles is 1. The average molecular weight is 414 g/mol. The van der Waals surface area contributed by atoms with Crippen molar-refractivity contribution < 1.29 is 14.3 Å². The first-order chi connectivity index (χ1) is 15.1. The van der Waals surface area contributed by atoms with Gasteiger partial charge in [0.15, 0.2) is 0 Å². The predicted molar refractivity (Wildman–Crippen MR) is 122 cm³/mol. The highest BCUT2D eigenvalue weighted by molar-refractivity contribution is 6.07. The Labute approximate surface area is 180 Å². The average Bonchev–Trinajstić information content (AvgIpc) is 2.81. The first-order valence-electron chi connectivity index (χ1n) is 9.45. The number of para-hydroxylation sites is 1. The van der Waals surface area contributed by atoms with Crippen LogP contribution in [0.2, 0.25) is 0 Å². The van der Waals surface area contributed by atoms with Crippen LogP contribution in [-0.2, 0) is 4.79 Å². The SMILES string of the molecule is COc1ccc(OC)c(NC(=O)/C(C#N)=C\Nc2ccc(Nc3ccccc3)cc2)c1. The number of ether oxygens (including phenoxy) is 2. The lowest BCUT2D eigenvalue weighted by Crippen LogP contribution is -2.15. The highest BCUT2D eigenvalue weighted by Crippen LogP contribution is 2.29. The summed E-state index contributed by atoms with van der Waals surface area (Å²) < 4.78 is 10.4.